The van der Waals surface area contributed by atoms with Crippen LogP contribution in [0.15, 0.2) is 108 Å². The molecule has 1 N–H and O–H groups in total. The Labute approximate surface area is 265 Å². The number of rotatable bonds is 13. The zero-order valence-electron chi connectivity index (χ0n) is 25.2. The van der Waals surface area contributed by atoms with Gasteiger partial charge in [-0.25, -0.2) is 8.42 Å². The summed E-state index contributed by atoms with van der Waals surface area (Å²) >= 11 is 6.22. The van der Waals surface area contributed by atoms with E-state index in [0.29, 0.717) is 22.8 Å². The number of nitrogens with zero attached hydrogens (tertiary/aromatic N) is 2. The number of amides is 2. The van der Waals surface area contributed by atoms with Gasteiger partial charge in [-0.2, -0.15) is 0 Å². The second kappa shape index (κ2) is 15.0. The number of aryl methyl sites for hydroxylation is 2. The van der Waals surface area contributed by atoms with Gasteiger partial charge in [-0.1, -0.05) is 96.9 Å². The third-order valence-electron chi connectivity index (χ3n) is 7.33. The number of halogens is 1. The van der Waals surface area contributed by atoms with Crippen LogP contribution in [0.4, 0.5) is 5.69 Å². The second-order valence-electron chi connectivity index (χ2n) is 10.8. The molecule has 0 aliphatic carbocycles. The number of benzene rings is 4. The molecule has 9 heteroatoms. The van der Waals surface area contributed by atoms with Gasteiger partial charge in [-0.05, 0) is 67.3 Å². The molecule has 0 spiro atoms. The largest absolute Gasteiger partial charge is 0.354 e. The van der Waals surface area contributed by atoms with Gasteiger partial charge >= 0.3 is 0 Å². The summed E-state index contributed by atoms with van der Waals surface area (Å²) in [4.78, 5) is 29.7. The molecule has 7 nitrogen and oxygen atoms in total. The summed E-state index contributed by atoms with van der Waals surface area (Å²) in [6.07, 6.45) is 0.995. The minimum atomic E-state index is -4.18. The van der Waals surface area contributed by atoms with E-state index in [1.54, 1.807) is 37.3 Å². The fourth-order valence-electron chi connectivity index (χ4n) is 4.95. The maximum atomic E-state index is 14.5. The first-order valence-electron chi connectivity index (χ1n) is 14.6. The number of carbonyl (C=O) groups is 2. The summed E-state index contributed by atoms with van der Waals surface area (Å²) in [5.74, 6) is -0.804. The van der Waals surface area contributed by atoms with Gasteiger partial charge in [0.2, 0.25) is 11.8 Å². The number of anilines is 1. The Morgan fingerprint density at radius 2 is 1.45 bits per heavy atom. The highest BCUT2D eigenvalue weighted by Gasteiger charge is 2.35. The zero-order chi connectivity index (χ0) is 31.7. The predicted molar refractivity (Wildman–Crippen MR) is 176 cm³/mol. The molecule has 4 aromatic rings. The summed E-state index contributed by atoms with van der Waals surface area (Å²) in [5.41, 5.74) is 3.53. The van der Waals surface area contributed by atoms with E-state index in [1.165, 1.54) is 17.0 Å². The van der Waals surface area contributed by atoms with Crippen LogP contribution in [-0.2, 0) is 32.6 Å². The van der Waals surface area contributed by atoms with Crippen LogP contribution in [0.2, 0.25) is 5.02 Å². The van der Waals surface area contributed by atoms with Crippen LogP contribution in [0.1, 0.15) is 35.6 Å². The number of hydrogen-bond donors (Lipinski definition) is 1. The number of carbonyl (C=O) groups excluding carboxylic acids is 2. The molecule has 2 amide bonds. The van der Waals surface area contributed by atoms with Gasteiger partial charge in [-0.3, -0.25) is 13.9 Å². The Morgan fingerprint density at radius 1 is 0.841 bits per heavy atom. The van der Waals surface area contributed by atoms with Crippen LogP contribution in [0, 0.1) is 13.8 Å². The molecule has 230 valence electrons. The topological polar surface area (TPSA) is 86.8 Å². The van der Waals surface area contributed by atoms with Crippen molar-refractivity contribution in [2.24, 2.45) is 0 Å². The third kappa shape index (κ3) is 8.27. The minimum absolute atomic E-state index is 0.0568. The molecule has 4 aromatic carbocycles. The fraction of sp³-hybridized carbons (Fsp3) is 0.257. The Balaban J connectivity index is 1.80. The highest BCUT2D eigenvalue weighted by atomic mass is 35.5. The van der Waals surface area contributed by atoms with Crippen molar-refractivity contribution < 1.29 is 18.0 Å². The van der Waals surface area contributed by atoms with Crippen molar-refractivity contribution in [2.45, 2.75) is 51.1 Å². The average molecular weight is 632 g/mol. The Morgan fingerprint density at radius 3 is 2.05 bits per heavy atom. The molecule has 0 bridgehead atoms. The van der Waals surface area contributed by atoms with Crippen molar-refractivity contribution in [2.75, 3.05) is 17.4 Å². The predicted octanol–water partition coefficient (Wildman–Crippen LogP) is 6.32. The Kier molecular flexibility index (Phi) is 11.2. The van der Waals surface area contributed by atoms with E-state index in [1.807, 2.05) is 74.5 Å². The van der Waals surface area contributed by atoms with Gasteiger partial charge < -0.3 is 10.2 Å². The summed E-state index contributed by atoms with van der Waals surface area (Å²) in [6.45, 7) is 5.64. The van der Waals surface area contributed by atoms with Crippen LogP contribution in [-0.4, -0.2) is 44.3 Å². The maximum Gasteiger partial charge on any atom is 0.264 e. The highest BCUT2D eigenvalue weighted by molar-refractivity contribution is 7.92. The molecule has 0 unspecified atom stereocenters. The van der Waals surface area contributed by atoms with E-state index in [2.05, 4.69) is 5.32 Å². The molecular weight excluding hydrogens is 594 g/mol. The van der Waals surface area contributed by atoms with Gasteiger partial charge in [0.05, 0.1) is 10.6 Å². The van der Waals surface area contributed by atoms with E-state index >= 15 is 0 Å². The molecule has 4 rings (SSSR count). The quantitative estimate of drug-likeness (QED) is 0.187. The summed E-state index contributed by atoms with van der Waals surface area (Å²) in [7, 11) is -4.18. The van der Waals surface area contributed by atoms with Gasteiger partial charge in [-0.15, -0.1) is 0 Å². The molecule has 0 saturated heterocycles. The Bertz CT molecular complexity index is 1660. The standard InChI is InChI=1S/C35H38ClN3O4S/c1-4-21-37-35(41)33(23-28-11-7-5-8-12-28)38(24-29-13-9-6-10-14-29)34(40)25-39(32-20-17-30(36)22-27(32)3)44(42,43)31-18-15-26(2)16-19-31/h5-20,22,33H,4,21,23-25H2,1-3H3,(H,37,41)/t33-/m1/s1. The number of nitrogens with one attached hydrogen (secondary N) is 1. The van der Waals surface area contributed by atoms with Crippen molar-refractivity contribution in [1.29, 1.82) is 0 Å². The molecule has 44 heavy (non-hydrogen) atoms. The van der Waals surface area contributed by atoms with E-state index in [-0.39, 0.29) is 23.8 Å². The normalized spacial score (nSPS) is 11.9. The lowest BCUT2D eigenvalue weighted by molar-refractivity contribution is -0.140. The number of hydrogen-bond acceptors (Lipinski definition) is 4. The molecule has 0 aliphatic rings. The van der Waals surface area contributed by atoms with Gasteiger partial charge in [0.1, 0.15) is 12.6 Å². The zero-order valence-corrected chi connectivity index (χ0v) is 26.8. The van der Waals surface area contributed by atoms with Crippen LogP contribution in [0.5, 0.6) is 0 Å². The number of sulfonamides is 1. The van der Waals surface area contributed by atoms with Crippen molar-refractivity contribution >= 4 is 39.1 Å². The monoisotopic (exact) mass is 631 g/mol. The van der Waals surface area contributed by atoms with Crippen molar-refractivity contribution in [3.05, 3.63) is 130 Å². The lowest BCUT2D eigenvalue weighted by Gasteiger charge is -2.34. The molecule has 1 atom stereocenters. The molecule has 0 radical (unpaired) electrons. The van der Waals surface area contributed by atoms with Crippen LogP contribution >= 0.6 is 11.6 Å². The van der Waals surface area contributed by atoms with E-state index < -0.39 is 28.5 Å². The first-order valence-corrected chi connectivity index (χ1v) is 16.4. The van der Waals surface area contributed by atoms with Crippen molar-refractivity contribution in [3.63, 3.8) is 0 Å². The minimum Gasteiger partial charge on any atom is -0.354 e. The third-order valence-corrected chi connectivity index (χ3v) is 9.34. The van der Waals surface area contributed by atoms with Crippen LogP contribution < -0.4 is 9.62 Å². The highest BCUT2D eigenvalue weighted by Crippen LogP contribution is 2.30. The van der Waals surface area contributed by atoms with Gasteiger partial charge in [0.15, 0.2) is 0 Å². The van der Waals surface area contributed by atoms with E-state index in [0.717, 1.165) is 27.4 Å². The summed E-state index contributed by atoms with van der Waals surface area (Å²) in [6, 6.07) is 29.4. The van der Waals surface area contributed by atoms with Crippen molar-refractivity contribution in [1.82, 2.24) is 10.2 Å². The summed E-state index contributed by atoms with van der Waals surface area (Å²) in [5, 5.41) is 3.41. The van der Waals surface area contributed by atoms with Gasteiger partial charge in [0, 0.05) is 24.5 Å². The smallest absolute Gasteiger partial charge is 0.264 e. The van der Waals surface area contributed by atoms with Crippen LogP contribution in [0.3, 0.4) is 0 Å². The maximum absolute atomic E-state index is 14.5. The van der Waals surface area contributed by atoms with Gasteiger partial charge in [0.25, 0.3) is 10.0 Å². The fourth-order valence-corrected chi connectivity index (χ4v) is 6.65. The van der Waals surface area contributed by atoms with Crippen molar-refractivity contribution in [3.8, 4) is 0 Å². The summed E-state index contributed by atoms with van der Waals surface area (Å²) < 4.78 is 29.5. The first-order chi connectivity index (χ1) is 21.1. The SMILES string of the molecule is CCCNC(=O)[C@@H](Cc1ccccc1)N(Cc1ccccc1)C(=O)CN(c1ccc(Cl)cc1C)S(=O)(=O)c1ccc(C)cc1. The lowest BCUT2D eigenvalue weighted by atomic mass is 10.0. The molecule has 0 aliphatic heterocycles. The van der Waals surface area contributed by atoms with E-state index in [4.69, 9.17) is 11.6 Å². The molecule has 0 fully saturated rings. The second-order valence-corrected chi connectivity index (χ2v) is 13.1. The van der Waals surface area contributed by atoms with E-state index in [9.17, 15) is 18.0 Å². The molecule has 0 heterocycles. The first kappa shape index (κ1) is 32.8. The molecule has 0 aromatic heterocycles. The Hall–Kier alpha value is -4.14. The lowest BCUT2D eigenvalue weighted by Crippen LogP contribution is -2.53. The average Bonchev–Trinajstić information content (AvgIpc) is 3.01. The molecular formula is C35H38ClN3O4S. The van der Waals surface area contributed by atoms with Crippen LogP contribution in [0.25, 0.3) is 0 Å². The molecule has 0 saturated carbocycles.